The zero-order chi connectivity index (χ0) is 23.2. The molecule has 14 heteroatoms. The van der Waals surface area contributed by atoms with Crippen LogP contribution in [0.3, 0.4) is 0 Å². The molecule has 1 aromatic carbocycles. The summed E-state index contributed by atoms with van der Waals surface area (Å²) in [5.41, 5.74) is 0. The highest BCUT2D eigenvalue weighted by molar-refractivity contribution is 7.99. The van der Waals surface area contributed by atoms with E-state index in [4.69, 9.17) is 10.2 Å². The molecule has 0 unspecified atom stereocenters. The monoisotopic (exact) mass is 472 g/mol. The lowest BCUT2D eigenvalue weighted by Crippen LogP contribution is -2.41. The van der Waals surface area contributed by atoms with E-state index in [0.717, 1.165) is 13.8 Å². The number of carboxylic acid groups (broad SMARTS) is 2. The van der Waals surface area contributed by atoms with Gasteiger partial charge in [0.25, 0.3) is 0 Å². The standard InChI is InChI=1S/C16H16F4N2O6S2/c1-5(23)21-7(15(25)26)3-29-13-9(17)11(19)14(12(20)10(13)18)30-4-8(16(27)28)22-6(2)24/h7-8H,3-4H2,1-2H3,(H,21,23)(H,22,24)(H,25,26)(H,27,28)/t7-,8-/m0/s1. The van der Waals surface area contributed by atoms with Crippen LogP contribution in [0.2, 0.25) is 0 Å². The van der Waals surface area contributed by atoms with Crippen LogP contribution in [0, 0.1) is 23.3 Å². The molecule has 1 rings (SSSR count). The van der Waals surface area contributed by atoms with Crippen LogP contribution in [0.15, 0.2) is 9.79 Å². The second-order valence-corrected chi connectivity index (χ2v) is 7.78. The third kappa shape index (κ3) is 6.79. The van der Waals surface area contributed by atoms with Crippen molar-refractivity contribution in [2.75, 3.05) is 11.5 Å². The van der Waals surface area contributed by atoms with E-state index >= 15 is 0 Å². The van der Waals surface area contributed by atoms with Crippen LogP contribution in [-0.4, -0.2) is 57.6 Å². The minimum Gasteiger partial charge on any atom is -0.480 e. The maximum Gasteiger partial charge on any atom is 0.327 e. The molecule has 0 aliphatic heterocycles. The Morgan fingerprint density at radius 1 is 0.733 bits per heavy atom. The fourth-order valence-electron chi connectivity index (χ4n) is 2.02. The zero-order valence-corrected chi connectivity index (χ0v) is 17.1. The lowest BCUT2D eigenvalue weighted by molar-refractivity contribution is -0.141. The first-order valence-electron chi connectivity index (χ1n) is 7.98. The van der Waals surface area contributed by atoms with Crippen LogP contribution >= 0.6 is 23.5 Å². The zero-order valence-electron chi connectivity index (χ0n) is 15.4. The van der Waals surface area contributed by atoms with E-state index in [1.165, 1.54) is 0 Å². The van der Waals surface area contributed by atoms with Crippen molar-refractivity contribution in [2.45, 2.75) is 35.7 Å². The second kappa shape index (κ2) is 11.1. The van der Waals surface area contributed by atoms with Crippen LogP contribution in [0.1, 0.15) is 13.8 Å². The molecule has 0 fully saturated rings. The average Bonchev–Trinajstić information content (AvgIpc) is 2.63. The van der Waals surface area contributed by atoms with Crippen molar-refractivity contribution in [1.29, 1.82) is 0 Å². The number of nitrogens with one attached hydrogen (secondary N) is 2. The second-order valence-electron chi connectivity index (χ2n) is 5.72. The number of halogens is 4. The van der Waals surface area contributed by atoms with Gasteiger partial charge in [-0.25, -0.2) is 27.2 Å². The maximum absolute atomic E-state index is 14.3. The summed E-state index contributed by atoms with van der Waals surface area (Å²) in [4.78, 5) is 41.8. The van der Waals surface area contributed by atoms with Gasteiger partial charge in [0.15, 0.2) is 23.3 Å². The van der Waals surface area contributed by atoms with Gasteiger partial charge in [0, 0.05) is 25.4 Å². The van der Waals surface area contributed by atoms with Crippen molar-refractivity contribution in [1.82, 2.24) is 10.6 Å². The molecule has 0 saturated heterocycles. The molecule has 0 heterocycles. The average molecular weight is 472 g/mol. The van der Waals surface area contributed by atoms with Gasteiger partial charge in [0.05, 0.1) is 9.79 Å². The summed E-state index contributed by atoms with van der Waals surface area (Å²) in [6.45, 7) is 2.02. The van der Waals surface area contributed by atoms with Crippen LogP contribution in [0.25, 0.3) is 0 Å². The van der Waals surface area contributed by atoms with E-state index < -0.39 is 80.4 Å². The largest absolute Gasteiger partial charge is 0.480 e. The first-order valence-corrected chi connectivity index (χ1v) is 9.95. The van der Waals surface area contributed by atoms with Gasteiger partial charge >= 0.3 is 11.9 Å². The summed E-state index contributed by atoms with van der Waals surface area (Å²) in [6.07, 6.45) is 0. The van der Waals surface area contributed by atoms with Gasteiger partial charge in [-0.2, -0.15) is 0 Å². The Morgan fingerprint density at radius 2 is 1.00 bits per heavy atom. The fraction of sp³-hybridized carbons (Fsp3) is 0.375. The van der Waals surface area contributed by atoms with E-state index in [9.17, 15) is 36.7 Å². The van der Waals surface area contributed by atoms with Gasteiger partial charge in [-0.05, 0) is 0 Å². The van der Waals surface area contributed by atoms with Gasteiger partial charge < -0.3 is 20.8 Å². The summed E-state index contributed by atoms with van der Waals surface area (Å²) in [5, 5.41) is 22.0. The van der Waals surface area contributed by atoms with Crippen molar-refractivity contribution in [2.24, 2.45) is 0 Å². The summed E-state index contributed by atoms with van der Waals surface area (Å²) in [5.74, 6) is -13.0. The van der Waals surface area contributed by atoms with Gasteiger partial charge in [-0.3, -0.25) is 9.59 Å². The first kappa shape index (κ1) is 25.6. The summed E-state index contributed by atoms with van der Waals surface area (Å²) in [7, 11) is 0. The topological polar surface area (TPSA) is 133 Å². The minimum atomic E-state index is -1.81. The number of rotatable bonds is 10. The lowest BCUT2D eigenvalue weighted by Gasteiger charge is -2.16. The number of benzene rings is 1. The molecule has 2 amide bonds. The Labute approximate surface area is 175 Å². The molecule has 4 N–H and O–H groups in total. The molecule has 166 valence electrons. The highest BCUT2D eigenvalue weighted by Crippen LogP contribution is 2.36. The Morgan fingerprint density at radius 3 is 1.20 bits per heavy atom. The molecule has 30 heavy (non-hydrogen) atoms. The number of thioether (sulfide) groups is 2. The Bertz CT molecular complexity index is 773. The molecule has 2 atom stereocenters. The highest BCUT2D eigenvalue weighted by atomic mass is 32.2. The van der Waals surface area contributed by atoms with Gasteiger partial charge in [0.1, 0.15) is 12.1 Å². The third-order valence-corrected chi connectivity index (χ3v) is 5.62. The molecule has 0 spiro atoms. The van der Waals surface area contributed by atoms with Crippen LogP contribution in [0.4, 0.5) is 17.6 Å². The summed E-state index contributed by atoms with van der Waals surface area (Å²) < 4.78 is 57.1. The van der Waals surface area contributed by atoms with Crippen LogP contribution < -0.4 is 10.6 Å². The predicted molar refractivity (Wildman–Crippen MR) is 98.2 cm³/mol. The normalized spacial score (nSPS) is 12.7. The van der Waals surface area contributed by atoms with Crippen LogP contribution in [0.5, 0.6) is 0 Å². The van der Waals surface area contributed by atoms with Crippen molar-refractivity contribution in [3.63, 3.8) is 0 Å². The smallest absolute Gasteiger partial charge is 0.327 e. The molecular formula is C16H16F4N2O6S2. The number of amides is 2. The quantitative estimate of drug-likeness (QED) is 0.229. The van der Waals surface area contributed by atoms with E-state index in [1.54, 1.807) is 0 Å². The Kier molecular flexibility index (Phi) is 9.42. The molecule has 0 aliphatic rings. The van der Waals surface area contributed by atoms with E-state index in [0.29, 0.717) is 0 Å². The number of carbonyl (C=O) groups is 4. The van der Waals surface area contributed by atoms with Crippen molar-refractivity contribution >= 4 is 47.3 Å². The molecule has 0 bridgehead atoms. The van der Waals surface area contributed by atoms with Crippen molar-refractivity contribution < 1.29 is 47.0 Å². The van der Waals surface area contributed by atoms with Gasteiger partial charge in [-0.1, -0.05) is 0 Å². The SMILES string of the molecule is CC(=O)N[C@@H](CSc1c(F)c(F)c(SC[C@H](NC(C)=O)C(=O)O)c(F)c1F)C(=O)O. The van der Waals surface area contributed by atoms with E-state index in [1.807, 2.05) is 10.6 Å². The number of aliphatic carboxylic acids is 2. The maximum atomic E-state index is 14.3. The van der Waals surface area contributed by atoms with E-state index in [2.05, 4.69) is 0 Å². The van der Waals surface area contributed by atoms with Gasteiger partial charge in [0.2, 0.25) is 11.8 Å². The summed E-state index contributed by atoms with van der Waals surface area (Å²) >= 11 is 0.282. The number of hydrogen-bond donors (Lipinski definition) is 4. The molecule has 0 radical (unpaired) electrons. The fourth-order valence-corrected chi connectivity index (χ4v) is 4.00. The predicted octanol–water partition coefficient (Wildman–Crippen LogP) is 1.61. The van der Waals surface area contributed by atoms with E-state index in [-0.39, 0.29) is 23.5 Å². The number of carboxylic acids is 2. The minimum absolute atomic E-state index is 0.141. The van der Waals surface area contributed by atoms with Crippen molar-refractivity contribution in [3.8, 4) is 0 Å². The Hall–Kier alpha value is -2.48. The molecule has 0 saturated carbocycles. The Balaban J connectivity index is 3.11. The third-order valence-electron chi connectivity index (χ3n) is 3.32. The molecule has 0 aliphatic carbocycles. The number of carbonyl (C=O) groups excluding carboxylic acids is 2. The molecule has 0 aromatic heterocycles. The van der Waals surface area contributed by atoms with Crippen LogP contribution in [-0.2, 0) is 19.2 Å². The lowest BCUT2D eigenvalue weighted by atomic mass is 10.3. The first-order chi connectivity index (χ1) is 13.9. The molecule has 1 aromatic rings. The highest BCUT2D eigenvalue weighted by Gasteiger charge is 2.29. The van der Waals surface area contributed by atoms with Crippen molar-refractivity contribution in [3.05, 3.63) is 23.3 Å². The van der Waals surface area contributed by atoms with Gasteiger partial charge in [-0.15, -0.1) is 23.5 Å². The summed E-state index contributed by atoms with van der Waals surface area (Å²) in [6, 6.07) is -3.14. The molecular weight excluding hydrogens is 456 g/mol. The number of hydrogen-bond acceptors (Lipinski definition) is 6. The molecule has 8 nitrogen and oxygen atoms in total.